The zero-order valence-electron chi connectivity index (χ0n) is 18.0. The summed E-state index contributed by atoms with van der Waals surface area (Å²) in [6, 6.07) is 10.8. The second-order valence-corrected chi connectivity index (χ2v) is 7.90. The van der Waals surface area contributed by atoms with Gasteiger partial charge >= 0.3 is 0 Å². The summed E-state index contributed by atoms with van der Waals surface area (Å²) >= 11 is 0. The molecule has 2 N–H and O–H groups in total. The highest BCUT2D eigenvalue weighted by molar-refractivity contribution is 5.81. The fourth-order valence-corrected chi connectivity index (χ4v) is 4.02. The first kappa shape index (κ1) is 20.0. The van der Waals surface area contributed by atoms with Crippen LogP contribution in [0.5, 0.6) is 11.5 Å². The third-order valence-electron chi connectivity index (χ3n) is 6.20. The van der Waals surface area contributed by atoms with Crippen molar-refractivity contribution in [1.82, 2.24) is 0 Å². The lowest BCUT2D eigenvalue weighted by Crippen LogP contribution is -1.97. The molecule has 0 aliphatic rings. The minimum Gasteiger partial charge on any atom is -0.507 e. The van der Waals surface area contributed by atoms with Crippen LogP contribution in [0.1, 0.15) is 45.9 Å². The Hall–Kier alpha value is -2.74. The maximum Gasteiger partial charge on any atom is 0.121 e. The molecule has 28 heavy (non-hydrogen) atoms. The summed E-state index contributed by atoms with van der Waals surface area (Å²) in [7, 11) is 0. The first-order chi connectivity index (χ1) is 13.2. The van der Waals surface area contributed by atoms with E-state index in [-0.39, 0.29) is 0 Å². The van der Waals surface area contributed by atoms with E-state index in [0.717, 1.165) is 50.9 Å². The molecule has 0 aliphatic heterocycles. The van der Waals surface area contributed by atoms with Gasteiger partial charge < -0.3 is 10.2 Å². The van der Waals surface area contributed by atoms with Crippen LogP contribution in [0.15, 0.2) is 30.3 Å². The Labute approximate surface area is 168 Å². The average Bonchev–Trinajstić information content (AvgIpc) is 2.69. The maximum atomic E-state index is 10.3. The zero-order chi connectivity index (χ0) is 20.7. The predicted molar refractivity (Wildman–Crippen MR) is 118 cm³/mol. The van der Waals surface area contributed by atoms with Crippen molar-refractivity contribution in [1.29, 1.82) is 0 Å². The number of aromatic hydroxyl groups is 2. The molecule has 0 heterocycles. The van der Waals surface area contributed by atoms with Crippen LogP contribution in [0.4, 0.5) is 0 Å². The van der Waals surface area contributed by atoms with Gasteiger partial charge in [0.1, 0.15) is 11.5 Å². The molecule has 0 fully saturated rings. The smallest absolute Gasteiger partial charge is 0.121 e. The first-order valence-corrected chi connectivity index (χ1v) is 9.90. The number of hydrogen-bond donors (Lipinski definition) is 2. The van der Waals surface area contributed by atoms with E-state index < -0.39 is 0 Å². The molecule has 3 aromatic rings. The van der Waals surface area contributed by atoms with Gasteiger partial charge in [0, 0.05) is 0 Å². The van der Waals surface area contributed by atoms with E-state index in [9.17, 15) is 10.2 Å². The molecule has 0 amide bonds. The van der Waals surface area contributed by atoms with Gasteiger partial charge in [0.2, 0.25) is 0 Å². The van der Waals surface area contributed by atoms with Crippen molar-refractivity contribution in [3.63, 3.8) is 0 Å². The van der Waals surface area contributed by atoms with Crippen LogP contribution in [0, 0.1) is 41.5 Å². The number of phenols is 2. The highest BCUT2D eigenvalue weighted by Gasteiger charge is 2.16. The van der Waals surface area contributed by atoms with Crippen LogP contribution in [0.3, 0.4) is 0 Å². The summed E-state index contributed by atoms with van der Waals surface area (Å²) in [6.45, 7) is 14.2. The van der Waals surface area contributed by atoms with E-state index in [2.05, 4.69) is 51.1 Å². The van der Waals surface area contributed by atoms with Gasteiger partial charge in [0.15, 0.2) is 0 Å². The number of hydrogen-bond acceptors (Lipinski definition) is 2. The SMILES string of the molecule is CCc1ccc(-c2cc(C)c(O)c(C)c2C)cc1-c1cc(C)c(O)c(C)c1C. The molecular weight excluding hydrogens is 344 g/mol. The predicted octanol–water partition coefficient (Wildman–Crippen LogP) is 6.84. The topological polar surface area (TPSA) is 40.5 Å². The molecule has 146 valence electrons. The summed E-state index contributed by atoms with van der Waals surface area (Å²) < 4.78 is 0. The van der Waals surface area contributed by atoms with Crippen LogP contribution < -0.4 is 0 Å². The van der Waals surface area contributed by atoms with Crippen molar-refractivity contribution < 1.29 is 10.2 Å². The fraction of sp³-hybridized carbons (Fsp3) is 0.308. The second kappa shape index (κ2) is 7.35. The van der Waals surface area contributed by atoms with Gasteiger partial charge in [0.05, 0.1) is 0 Å². The van der Waals surface area contributed by atoms with Crippen LogP contribution in [0.2, 0.25) is 0 Å². The van der Waals surface area contributed by atoms with Crippen molar-refractivity contribution in [2.24, 2.45) is 0 Å². The molecule has 0 spiro atoms. The number of benzene rings is 3. The lowest BCUT2D eigenvalue weighted by atomic mass is 9.87. The van der Waals surface area contributed by atoms with E-state index in [1.54, 1.807) is 0 Å². The summed E-state index contributed by atoms with van der Waals surface area (Å²) in [5, 5.41) is 20.6. The Morgan fingerprint density at radius 1 is 0.607 bits per heavy atom. The van der Waals surface area contributed by atoms with E-state index in [1.165, 1.54) is 16.7 Å². The summed E-state index contributed by atoms with van der Waals surface area (Å²) in [6.07, 6.45) is 0.945. The maximum absolute atomic E-state index is 10.3. The first-order valence-electron chi connectivity index (χ1n) is 9.90. The zero-order valence-corrected chi connectivity index (χ0v) is 18.0. The Balaban J connectivity index is 2.30. The van der Waals surface area contributed by atoms with Crippen molar-refractivity contribution in [2.75, 3.05) is 0 Å². The highest BCUT2D eigenvalue weighted by atomic mass is 16.3. The molecule has 0 bridgehead atoms. The van der Waals surface area contributed by atoms with Crippen LogP contribution in [-0.2, 0) is 6.42 Å². The van der Waals surface area contributed by atoms with Gasteiger partial charge in [-0.2, -0.15) is 0 Å². The van der Waals surface area contributed by atoms with E-state index >= 15 is 0 Å². The molecule has 2 nitrogen and oxygen atoms in total. The molecule has 0 aliphatic carbocycles. The molecule has 0 saturated heterocycles. The second-order valence-electron chi connectivity index (χ2n) is 7.90. The van der Waals surface area contributed by atoms with E-state index in [0.29, 0.717) is 11.5 Å². The minimum absolute atomic E-state index is 0.382. The molecule has 0 unspecified atom stereocenters. The van der Waals surface area contributed by atoms with Crippen LogP contribution >= 0.6 is 0 Å². The van der Waals surface area contributed by atoms with Crippen LogP contribution in [-0.4, -0.2) is 10.2 Å². The van der Waals surface area contributed by atoms with Gasteiger partial charge in [-0.05, 0) is 127 Å². The monoisotopic (exact) mass is 374 g/mol. The van der Waals surface area contributed by atoms with Crippen molar-refractivity contribution in [2.45, 2.75) is 54.9 Å². The molecule has 3 aromatic carbocycles. The number of rotatable bonds is 3. The Bertz CT molecular complexity index is 1070. The molecule has 0 saturated carbocycles. The summed E-state index contributed by atoms with van der Waals surface area (Å²) in [4.78, 5) is 0. The summed E-state index contributed by atoms with van der Waals surface area (Å²) in [5.41, 5.74) is 11.9. The van der Waals surface area contributed by atoms with Crippen LogP contribution in [0.25, 0.3) is 22.3 Å². The fourth-order valence-electron chi connectivity index (χ4n) is 4.02. The Kier molecular flexibility index (Phi) is 5.25. The molecule has 3 rings (SSSR count). The molecular formula is C26H30O2. The Morgan fingerprint density at radius 2 is 1.11 bits per heavy atom. The lowest BCUT2D eigenvalue weighted by molar-refractivity contribution is 0.466. The van der Waals surface area contributed by atoms with Gasteiger partial charge in [0.25, 0.3) is 0 Å². The van der Waals surface area contributed by atoms with Gasteiger partial charge in [-0.25, -0.2) is 0 Å². The molecule has 0 aromatic heterocycles. The summed E-state index contributed by atoms with van der Waals surface area (Å²) in [5.74, 6) is 0.767. The average molecular weight is 375 g/mol. The Morgan fingerprint density at radius 3 is 1.64 bits per heavy atom. The van der Waals surface area contributed by atoms with Gasteiger partial charge in [-0.3, -0.25) is 0 Å². The minimum atomic E-state index is 0.382. The third kappa shape index (κ3) is 3.17. The number of phenolic OH excluding ortho intramolecular Hbond substituents is 2. The van der Waals surface area contributed by atoms with Crippen molar-refractivity contribution >= 4 is 0 Å². The third-order valence-corrected chi connectivity index (χ3v) is 6.20. The van der Waals surface area contributed by atoms with Gasteiger partial charge in [-0.15, -0.1) is 0 Å². The molecule has 0 atom stereocenters. The molecule has 0 radical (unpaired) electrons. The van der Waals surface area contributed by atoms with E-state index in [4.69, 9.17) is 0 Å². The van der Waals surface area contributed by atoms with Gasteiger partial charge in [-0.1, -0.05) is 19.1 Å². The van der Waals surface area contributed by atoms with E-state index in [1.807, 2.05) is 27.7 Å². The quantitative estimate of drug-likeness (QED) is 0.526. The standard InChI is InChI=1S/C26H30O2/c1-8-20-9-10-21(22-11-14(2)25(27)18(6)16(22)4)13-24(20)23-12-15(3)26(28)19(7)17(23)5/h9-13,27-28H,8H2,1-7H3. The van der Waals surface area contributed by atoms with Crippen molar-refractivity contribution in [3.8, 4) is 33.8 Å². The molecule has 2 heteroatoms. The largest absolute Gasteiger partial charge is 0.507 e. The lowest BCUT2D eigenvalue weighted by Gasteiger charge is -2.19. The normalized spacial score (nSPS) is 11.1. The van der Waals surface area contributed by atoms with Crippen molar-refractivity contribution in [3.05, 3.63) is 69.3 Å². The highest BCUT2D eigenvalue weighted by Crippen LogP contribution is 2.39. The number of aryl methyl sites for hydroxylation is 3.